The molecule has 0 aliphatic carbocycles. The van der Waals surface area contributed by atoms with Gasteiger partial charge in [0.05, 0.1) is 24.1 Å². The number of rotatable bonds is 6. The molecule has 0 bridgehead atoms. The molecule has 1 saturated heterocycles. The van der Waals surface area contributed by atoms with Gasteiger partial charge in [0, 0.05) is 42.9 Å². The Bertz CT molecular complexity index is 1490. The van der Waals surface area contributed by atoms with E-state index in [1.165, 1.54) is 16.8 Å². The average molecular weight is 520 g/mol. The third-order valence-corrected chi connectivity index (χ3v) is 7.04. The van der Waals surface area contributed by atoms with Gasteiger partial charge in [0.2, 0.25) is 5.69 Å². The fraction of sp³-hybridized carbons (Fsp3) is 0.393. The largest absolute Gasteiger partial charge is 0.461 e. The summed E-state index contributed by atoms with van der Waals surface area (Å²) in [5.41, 5.74) is 3.36. The second-order valence-electron chi connectivity index (χ2n) is 9.58. The fourth-order valence-electron chi connectivity index (χ4n) is 4.96. The van der Waals surface area contributed by atoms with Crippen molar-refractivity contribution in [2.75, 3.05) is 13.2 Å². The number of ether oxygens (including phenoxy) is 1. The van der Waals surface area contributed by atoms with Crippen molar-refractivity contribution in [2.45, 2.75) is 58.9 Å². The number of carbonyl (C=O) groups is 2. The summed E-state index contributed by atoms with van der Waals surface area (Å²) in [6.45, 7) is 6.81. The quantitative estimate of drug-likeness (QED) is 0.303. The van der Waals surface area contributed by atoms with Gasteiger partial charge in [0.1, 0.15) is 11.5 Å². The molecule has 1 aliphatic rings. The van der Waals surface area contributed by atoms with Gasteiger partial charge in [-0.05, 0) is 49.9 Å². The molecule has 0 saturated carbocycles. The van der Waals surface area contributed by atoms with Crippen LogP contribution >= 0.6 is 0 Å². The van der Waals surface area contributed by atoms with Gasteiger partial charge < -0.3 is 9.64 Å². The highest BCUT2D eigenvalue weighted by Crippen LogP contribution is 2.25. The van der Waals surface area contributed by atoms with E-state index < -0.39 is 11.8 Å². The van der Waals surface area contributed by atoms with Gasteiger partial charge in [-0.1, -0.05) is 19.8 Å². The van der Waals surface area contributed by atoms with Crippen molar-refractivity contribution in [1.82, 2.24) is 24.8 Å². The number of carbonyl (C=O) groups excluding carboxylic acids is 2. The van der Waals surface area contributed by atoms with Gasteiger partial charge in [-0.3, -0.25) is 4.79 Å². The van der Waals surface area contributed by atoms with Gasteiger partial charge in [-0.2, -0.15) is 5.10 Å². The van der Waals surface area contributed by atoms with E-state index in [9.17, 15) is 9.59 Å². The van der Waals surface area contributed by atoms with Crippen LogP contribution in [0.4, 0.5) is 4.39 Å². The van der Waals surface area contributed by atoms with Crippen molar-refractivity contribution in [2.24, 2.45) is 0 Å². The first-order valence-electron chi connectivity index (χ1n) is 13.2. The standard InChI is InChI=1S/C28H31FN6O3/c1-4-19-16-25(27(36)33-13-8-6-7-9-18(33)3)30-26-17-24(32-35(19)26)21-11-10-20(15-22(21)29)34-14-12-23(31-34)28(37)38-5-2/h10-12,14-18H,4-9,13H2,1-3H3/p+1/t18-/m1/s1. The van der Waals surface area contributed by atoms with Crippen LogP contribution in [0.1, 0.15) is 73.1 Å². The van der Waals surface area contributed by atoms with Crippen LogP contribution in [0.5, 0.6) is 0 Å². The zero-order valence-corrected chi connectivity index (χ0v) is 21.9. The normalized spacial score (nSPS) is 16.0. The Morgan fingerprint density at radius 1 is 1.13 bits per heavy atom. The molecule has 1 aliphatic heterocycles. The molecule has 3 aromatic heterocycles. The molecule has 0 unspecified atom stereocenters. The first-order chi connectivity index (χ1) is 18.4. The van der Waals surface area contributed by atoms with Crippen LogP contribution in [0.3, 0.4) is 0 Å². The lowest BCUT2D eigenvalue weighted by Gasteiger charge is -2.25. The maximum atomic E-state index is 15.3. The maximum Gasteiger partial charge on any atom is 0.358 e. The van der Waals surface area contributed by atoms with Gasteiger partial charge in [0.25, 0.3) is 5.91 Å². The smallest absolute Gasteiger partial charge is 0.358 e. The Kier molecular flexibility index (Phi) is 7.22. The number of aromatic nitrogens is 5. The zero-order chi connectivity index (χ0) is 26.8. The number of hydrogen-bond donors (Lipinski definition) is 1. The number of benzene rings is 1. The highest BCUT2D eigenvalue weighted by atomic mass is 19.1. The van der Waals surface area contributed by atoms with Crippen molar-refractivity contribution in [3.63, 3.8) is 0 Å². The first-order valence-corrected chi connectivity index (χ1v) is 13.2. The van der Waals surface area contributed by atoms with E-state index in [0.29, 0.717) is 34.7 Å². The number of aromatic amines is 1. The van der Waals surface area contributed by atoms with Crippen LogP contribution in [0, 0.1) is 5.82 Å². The van der Waals surface area contributed by atoms with Crippen LogP contribution in [0.2, 0.25) is 0 Å². The lowest BCUT2D eigenvalue weighted by atomic mass is 10.1. The maximum absolute atomic E-state index is 15.3. The van der Waals surface area contributed by atoms with Gasteiger partial charge in [0.15, 0.2) is 5.69 Å². The molecule has 1 fully saturated rings. The van der Waals surface area contributed by atoms with E-state index in [1.807, 2.05) is 17.9 Å². The lowest BCUT2D eigenvalue weighted by molar-refractivity contribution is -0.586. The molecule has 1 aromatic carbocycles. The summed E-state index contributed by atoms with van der Waals surface area (Å²) in [5.74, 6) is -1.05. The molecule has 9 nitrogen and oxygen atoms in total. The number of esters is 1. The molecule has 4 aromatic rings. The molecule has 198 valence electrons. The van der Waals surface area contributed by atoms with E-state index in [4.69, 9.17) is 4.74 Å². The van der Waals surface area contributed by atoms with Crippen LogP contribution in [-0.4, -0.2) is 55.8 Å². The minimum Gasteiger partial charge on any atom is -0.461 e. The number of H-pyrrole nitrogens is 1. The molecule has 0 spiro atoms. The van der Waals surface area contributed by atoms with E-state index >= 15 is 4.39 Å². The van der Waals surface area contributed by atoms with Crippen molar-refractivity contribution >= 4 is 17.5 Å². The number of nitrogens with one attached hydrogen (secondary N) is 1. The summed E-state index contributed by atoms with van der Waals surface area (Å²) in [4.78, 5) is 31.9. The molecule has 10 heteroatoms. The predicted octanol–water partition coefficient (Wildman–Crippen LogP) is 4.28. The lowest BCUT2D eigenvalue weighted by Crippen LogP contribution is -2.40. The summed E-state index contributed by atoms with van der Waals surface area (Å²) in [6, 6.07) is 10.0. The summed E-state index contributed by atoms with van der Waals surface area (Å²) in [6.07, 6.45) is 6.51. The van der Waals surface area contributed by atoms with Crippen molar-refractivity contribution in [3.8, 4) is 16.9 Å². The number of halogens is 1. The molecular formula is C28H32FN6O3+. The molecule has 1 atom stereocenters. The minimum absolute atomic E-state index is 0.0590. The number of amides is 1. The van der Waals surface area contributed by atoms with Crippen LogP contribution in [0.15, 0.2) is 42.6 Å². The summed E-state index contributed by atoms with van der Waals surface area (Å²) in [7, 11) is 0. The van der Waals surface area contributed by atoms with E-state index in [0.717, 1.165) is 37.9 Å². The number of hydrogen-bond acceptors (Lipinski definition) is 5. The third-order valence-electron chi connectivity index (χ3n) is 7.04. The Balaban J connectivity index is 1.46. The Morgan fingerprint density at radius 3 is 2.74 bits per heavy atom. The SMILES string of the molecule is CCOC(=O)c1ccn(-c2ccc(-c3cc4nc(C(=O)N5CCCCC[C@H]5C)cc(CC)[n+]4[nH]3)c(F)c2)n1. The second-order valence-corrected chi connectivity index (χ2v) is 9.58. The number of aryl methyl sites for hydroxylation is 1. The van der Waals surface area contributed by atoms with Crippen LogP contribution < -0.4 is 4.52 Å². The summed E-state index contributed by atoms with van der Waals surface area (Å²) < 4.78 is 23.5. The van der Waals surface area contributed by atoms with Gasteiger partial charge >= 0.3 is 11.6 Å². The Hall–Kier alpha value is -4.08. The molecule has 5 rings (SSSR count). The van der Waals surface area contributed by atoms with Crippen LogP contribution in [-0.2, 0) is 11.2 Å². The molecule has 1 N–H and O–H groups in total. The number of nitrogens with zero attached hydrogens (tertiary/aromatic N) is 5. The Labute approximate surface area is 220 Å². The molecule has 4 heterocycles. The Morgan fingerprint density at radius 2 is 1.97 bits per heavy atom. The monoisotopic (exact) mass is 519 g/mol. The van der Waals surface area contributed by atoms with E-state index in [-0.39, 0.29) is 24.2 Å². The minimum atomic E-state index is -0.527. The summed E-state index contributed by atoms with van der Waals surface area (Å²) in [5, 5.41) is 7.43. The van der Waals surface area contributed by atoms with Crippen molar-refractivity contribution in [1.29, 1.82) is 0 Å². The molecule has 0 radical (unpaired) electrons. The summed E-state index contributed by atoms with van der Waals surface area (Å²) >= 11 is 0. The predicted molar refractivity (Wildman–Crippen MR) is 139 cm³/mol. The zero-order valence-electron chi connectivity index (χ0n) is 21.9. The van der Waals surface area contributed by atoms with Crippen molar-refractivity contribution in [3.05, 3.63) is 65.5 Å². The van der Waals surface area contributed by atoms with E-state index in [2.05, 4.69) is 22.1 Å². The van der Waals surface area contributed by atoms with Gasteiger partial charge in [-0.25, -0.2) is 19.0 Å². The first kappa shape index (κ1) is 25.6. The van der Waals surface area contributed by atoms with E-state index in [1.54, 1.807) is 35.8 Å². The topological polar surface area (TPSA) is 97.2 Å². The highest BCUT2D eigenvalue weighted by molar-refractivity contribution is 5.93. The second kappa shape index (κ2) is 10.7. The third kappa shape index (κ3) is 4.90. The number of likely N-dealkylation sites (tertiary alicyclic amines) is 1. The highest BCUT2D eigenvalue weighted by Gasteiger charge is 2.29. The molecular weight excluding hydrogens is 487 g/mol. The fourth-order valence-corrected chi connectivity index (χ4v) is 4.96. The van der Waals surface area contributed by atoms with Crippen molar-refractivity contribution < 1.29 is 23.2 Å². The van der Waals surface area contributed by atoms with Crippen LogP contribution in [0.25, 0.3) is 22.6 Å². The number of fused-ring (bicyclic) bond motifs is 1. The molecule has 1 amide bonds. The molecule has 38 heavy (non-hydrogen) atoms. The van der Waals surface area contributed by atoms with Gasteiger partial charge in [-0.15, -0.1) is 4.52 Å². The average Bonchev–Trinajstić information content (AvgIpc) is 3.52.